The molecule has 3 aromatic heterocycles. The number of sulfonamides is 1. The fourth-order valence-corrected chi connectivity index (χ4v) is 7.48. The van der Waals surface area contributed by atoms with Crippen molar-refractivity contribution in [2.24, 2.45) is 5.92 Å². The molecular formula is C24H33N5O4S. The number of hydrogen-bond donors (Lipinski definition) is 1. The fourth-order valence-electron chi connectivity index (χ4n) is 5.54. The lowest BCUT2D eigenvalue weighted by molar-refractivity contribution is -0.00658. The minimum absolute atomic E-state index is 0.0401. The third-order valence-electron chi connectivity index (χ3n) is 7.33. The zero-order valence-corrected chi connectivity index (χ0v) is 20.5. The summed E-state index contributed by atoms with van der Waals surface area (Å²) in [5.41, 5.74) is 2.86. The SMILES string of the molecule is COCCOC1CCCN(S(=O)(=O)CC2CCC(c3cnnc4cnc5[nH]ccc5c34)CC2)C1. The van der Waals surface area contributed by atoms with E-state index in [1.54, 1.807) is 17.6 Å². The van der Waals surface area contributed by atoms with Crippen molar-refractivity contribution in [3.05, 3.63) is 30.2 Å². The van der Waals surface area contributed by atoms with Crippen LogP contribution in [0.5, 0.6) is 0 Å². The lowest BCUT2D eigenvalue weighted by atomic mass is 9.79. The molecule has 1 saturated carbocycles. The first-order chi connectivity index (χ1) is 16.5. The van der Waals surface area contributed by atoms with Gasteiger partial charge >= 0.3 is 0 Å². The van der Waals surface area contributed by atoms with Crippen molar-refractivity contribution >= 4 is 32.0 Å². The number of H-pyrrole nitrogens is 1. The van der Waals surface area contributed by atoms with Crippen molar-refractivity contribution in [1.82, 2.24) is 24.5 Å². The van der Waals surface area contributed by atoms with Crippen molar-refractivity contribution < 1.29 is 17.9 Å². The van der Waals surface area contributed by atoms with Crippen LogP contribution in [-0.4, -0.2) is 78.2 Å². The van der Waals surface area contributed by atoms with E-state index in [1.165, 1.54) is 5.56 Å². The summed E-state index contributed by atoms with van der Waals surface area (Å²) < 4.78 is 38.9. The Bertz CT molecular complexity index is 1220. The van der Waals surface area contributed by atoms with Crippen LogP contribution in [0.1, 0.15) is 50.0 Å². The first kappa shape index (κ1) is 23.6. The second kappa shape index (κ2) is 10.2. The maximum Gasteiger partial charge on any atom is 0.214 e. The number of aromatic nitrogens is 4. The van der Waals surface area contributed by atoms with Gasteiger partial charge in [0.25, 0.3) is 0 Å². The van der Waals surface area contributed by atoms with Gasteiger partial charge < -0.3 is 14.5 Å². The molecule has 1 unspecified atom stereocenters. The summed E-state index contributed by atoms with van der Waals surface area (Å²) in [6.45, 7) is 2.08. The van der Waals surface area contributed by atoms with Crippen LogP contribution >= 0.6 is 0 Å². The van der Waals surface area contributed by atoms with Gasteiger partial charge in [-0.05, 0) is 62.0 Å². The van der Waals surface area contributed by atoms with Crippen LogP contribution in [0.3, 0.4) is 0 Å². The maximum absolute atomic E-state index is 13.2. The fraction of sp³-hybridized carbons (Fsp3) is 0.625. The highest BCUT2D eigenvalue weighted by Gasteiger charge is 2.33. The van der Waals surface area contributed by atoms with Crippen molar-refractivity contribution in [2.45, 2.75) is 50.5 Å². The van der Waals surface area contributed by atoms with Crippen molar-refractivity contribution in [2.75, 3.05) is 39.2 Å². The lowest BCUT2D eigenvalue weighted by Gasteiger charge is -2.34. The van der Waals surface area contributed by atoms with E-state index < -0.39 is 10.0 Å². The van der Waals surface area contributed by atoms with Gasteiger partial charge in [-0.15, -0.1) is 5.10 Å². The Balaban J connectivity index is 1.22. The maximum atomic E-state index is 13.2. The van der Waals surface area contributed by atoms with Gasteiger partial charge in [-0.2, -0.15) is 9.40 Å². The highest BCUT2D eigenvalue weighted by Crippen LogP contribution is 2.40. The van der Waals surface area contributed by atoms with Gasteiger partial charge in [-0.1, -0.05) is 0 Å². The van der Waals surface area contributed by atoms with E-state index in [0.29, 0.717) is 32.2 Å². The van der Waals surface area contributed by atoms with Crippen LogP contribution in [0.25, 0.3) is 21.9 Å². The number of aromatic amines is 1. The third kappa shape index (κ3) is 4.95. The first-order valence-electron chi connectivity index (χ1n) is 12.2. The largest absolute Gasteiger partial charge is 0.382 e. The topological polar surface area (TPSA) is 110 Å². The molecule has 0 bridgehead atoms. The predicted molar refractivity (Wildman–Crippen MR) is 130 cm³/mol. The highest BCUT2D eigenvalue weighted by molar-refractivity contribution is 7.89. The molecule has 34 heavy (non-hydrogen) atoms. The Morgan fingerprint density at radius 1 is 1.15 bits per heavy atom. The number of piperidine rings is 1. The number of ether oxygens (including phenoxy) is 2. The summed E-state index contributed by atoms with van der Waals surface area (Å²) in [4.78, 5) is 7.61. The quantitative estimate of drug-likeness (QED) is 0.486. The molecule has 1 aliphatic heterocycles. The van der Waals surface area contributed by atoms with Gasteiger partial charge in [0.2, 0.25) is 10.0 Å². The number of nitrogens with one attached hydrogen (secondary N) is 1. The number of hydrogen-bond acceptors (Lipinski definition) is 7. The van der Waals surface area contributed by atoms with Crippen LogP contribution in [0.15, 0.2) is 24.7 Å². The number of methoxy groups -OCH3 is 1. The Morgan fingerprint density at radius 2 is 2.00 bits per heavy atom. The zero-order valence-electron chi connectivity index (χ0n) is 19.6. The van der Waals surface area contributed by atoms with Gasteiger partial charge in [0.1, 0.15) is 11.2 Å². The monoisotopic (exact) mass is 487 g/mol. The normalized spacial score (nSPS) is 24.7. The molecule has 4 heterocycles. The zero-order chi connectivity index (χ0) is 23.5. The van der Waals surface area contributed by atoms with Crippen LogP contribution in [0.4, 0.5) is 0 Å². The van der Waals surface area contributed by atoms with Gasteiger partial charge in [0, 0.05) is 37.2 Å². The summed E-state index contributed by atoms with van der Waals surface area (Å²) in [5, 5.41) is 10.7. The van der Waals surface area contributed by atoms with Crippen LogP contribution in [0.2, 0.25) is 0 Å². The molecule has 2 aliphatic rings. The molecule has 0 amide bonds. The van der Waals surface area contributed by atoms with Gasteiger partial charge in [0.05, 0.1) is 37.5 Å². The third-order valence-corrected chi connectivity index (χ3v) is 9.34. The van der Waals surface area contributed by atoms with E-state index in [-0.39, 0.29) is 17.8 Å². The number of fused-ring (bicyclic) bond motifs is 3. The van der Waals surface area contributed by atoms with E-state index in [4.69, 9.17) is 9.47 Å². The highest BCUT2D eigenvalue weighted by atomic mass is 32.2. The number of nitrogens with zero attached hydrogens (tertiary/aromatic N) is 4. The summed E-state index contributed by atoms with van der Waals surface area (Å²) in [6.07, 6.45) is 11.0. The molecule has 1 aliphatic carbocycles. The Hall–Kier alpha value is -2.14. The molecule has 1 N–H and O–H groups in total. The van der Waals surface area contributed by atoms with E-state index in [1.807, 2.05) is 18.5 Å². The molecule has 0 aromatic carbocycles. The summed E-state index contributed by atoms with van der Waals surface area (Å²) in [5.74, 6) is 0.767. The van der Waals surface area contributed by atoms with E-state index in [0.717, 1.165) is 60.5 Å². The molecule has 0 radical (unpaired) electrons. The molecule has 10 heteroatoms. The summed E-state index contributed by atoms with van der Waals surface area (Å²) >= 11 is 0. The Morgan fingerprint density at radius 3 is 2.82 bits per heavy atom. The molecule has 184 valence electrons. The average Bonchev–Trinajstić information content (AvgIpc) is 3.34. The molecule has 1 atom stereocenters. The van der Waals surface area contributed by atoms with E-state index in [9.17, 15) is 8.42 Å². The summed E-state index contributed by atoms with van der Waals surface area (Å²) in [7, 11) is -1.66. The molecule has 2 fully saturated rings. The van der Waals surface area contributed by atoms with E-state index in [2.05, 4.69) is 20.2 Å². The number of pyridine rings is 1. The minimum atomic E-state index is -3.30. The molecule has 3 aromatic rings. The van der Waals surface area contributed by atoms with Crippen molar-refractivity contribution in [1.29, 1.82) is 0 Å². The Kier molecular flexibility index (Phi) is 7.10. The van der Waals surface area contributed by atoms with Gasteiger partial charge in [-0.25, -0.2) is 13.4 Å². The smallest absolute Gasteiger partial charge is 0.214 e. The van der Waals surface area contributed by atoms with E-state index >= 15 is 0 Å². The number of rotatable bonds is 8. The van der Waals surface area contributed by atoms with Gasteiger partial charge in [0.15, 0.2) is 0 Å². The molecule has 0 spiro atoms. The minimum Gasteiger partial charge on any atom is -0.382 e. The second-order valence-corrected chi connectivity index (χ2v) is 11.6. The first-order valence-corrected chi connectivity index (χ1v) is 13.8. The molecule has 5 rings (SSSR count). The van der Waals surface area contributed by atoms with Gasteiger partial charge in [-0.3, -0.25) is 0 Å². The van der Waals surface area contributed by atoms with Crippen LogP contribution in [-0.2, 0) is 19.5 Å². The van der Waals surface area contributed by atoms with Crippen molar-refractivity contribution in [3.63, 3.8) is 0 Å². The molecular weight excluding hydrogens is 454 g/mol. The van der Waals surface area contributed by atoms with Crippen LogP contribution in [0, 0.1) is 5.92 Å². The predicted octanol–water partition coefficient (Wildman–Crippen LogP) is 3.24. The Labute approximate surface area is 200 Å². The standard InChI is InChI=1S/C24H33N5O4S/c1-32-11-12-33-19-3-2-10-29(15-19)34(30,31)16-17-4-6-18(7-5-17)21-13-27-28-22-14-26-24-20(23(21)22)8-9-25-24/h8-9,13-14,17-19H,2-7,10-12,15-16H2,1H3,(H,25,26). The average molecular weight is 488 g/mol. The van der Waals surface area contributed by atoms with Crippen molar-refractivity contribution in [3.8, 4) is 0 Å². The molecule has 1 saturated heterocycles. The molecule has 9 nitrogen and oxygen atoms in total. The van der Waals surface area contributed by atoms with Crippen LogP contribution < -0.4 is 0 Å². The second-order valence-electron chi connectivity index (χ2n) is 9.54. The summed E-state index contributed by atoms with van der Waals surface area (Å²) in [6, 6.07) is 2.04. The lowest BCUT2D eigenvalue weighted by Crippen LogP contribution is -2.45.